The zero-order valence-electron chi connectivity index (χ0n) is 29.6. The van der Waals surface area contributed by atoms with Crippen LogP contribution in [0, 0.1) is 0 Å². The fourth-order valence-corrected chi connectivity index (χ4v) is 5.06. The van der Waals surface area contributed by atoms with Crippen molar-refractivity contribution in [1.29, 1.82) is 0 Å². The first-order chi connectivity index (χ1) is 25.0. The van der Waals surface area contributed by atoms with Gasteiger partial charge in [-0.1, -0.05) is 92.6 Å². The Morgan fingerprint density at radius 2 is 1.23 bits per heavy atom. The van der Waals surface area contributed by atoms with Crippen LogP contribution in [0.3, 0.4) is 0 Å². The molecule has 0 unspecified atom stereocenters. The van der Waals surface area contributed by atoms with Crippen molar-refractivity contribution in [1.82, 2.24) is 26.6 Å². The molecule has 0 saturated carbocycles. The number of ether oxygens (including phenoxy) is 2. The van der Waals surface area contributed by atoms with E-state index in [-0.39, 0.29) is 25.2 Å². The standard InChI is InChI=1S/C38H47N5O9/c1-4-5-16-30(37(49)51-3)42-36(48)31(21-26-12-8-6-9-13-26)41-33(45)23-39-34(46)25(2)40-35(47)32(22-27-17-19-29(44)20-18-27)43-38(50)52-24-28-14-10-7-11-15-28/h6-15,17-20,25,30-32,44H,4-5,16,21-24H2,1-3H3,(H,39,46)(H,40,47)(H,41,45)(H,42,48)(H,43,50)/t25-,30+,31+,32+/m1/s1. The molecule has 5 amide bonds. The number of benzene rings is 3. The normalized spacial score (nSPS) is 12.9. The average Bonchev–Trinajstić information content (AvgIpc) is 3.15. The lowest BCUT2D eigenvalue weighted by Crippen LogP contribution is -2.56. The number of esters is 1. The lowest BCUT2D eigenvalue weighted by molar-refractivity contribution is -0.145. The van der Waals surface area contributed by atoms with E-state index in [1.165, 1.54) is 26.2 Å². The molecule has 6 N–H and O–H groups in total. The number of aromatic hydroxyl groups is 1. The molecule has 0 bridgehead atoms. The highest BCUT2D eigenvalue weighted by molar-refractivity contribution is 5.94. The summed E-state index contributed by atoms with van der Waals surface area (Å²) in [5, 5.41) is 22.5. The van der Waals surface area contributed by atoms with Crippen LogP contribution in [0.2, 0.25) is 0 Å². The highest BCUT2D eigenvalue weighted by Gasteiger charge is 2.29. The summed E-state index contributed by atoms with van der Waals surface area (Å²) in [7, 11) is 1.23. The number of unbranched alkanes of at least 4 members (excludes halogenated alkanes) is 1. The highest BCUT2D eigenvalue weighted by atomic mass is 16.5. The van der Waals surface area contributed by atoms with Crippen molar-refractivity contribution >= 4 is 35.7 Å². The fraction of sp³-hybridized carbons (Fsp3) is 0.368. The summed E-state index contributed by atoms with van der Waals surface area (Å²) in [4.78, 5) is 77.6. The summed E-state index contributed by atoms with van der Waals surface area (Å²) in [5.41, 5.74) is 2.12. The molecule has 0 aromatic heterocycles. The molecule has 0 fully saturated rings. The first-order valence-corrected chi connectivity index (χ1v) is 17.0. The number of phenolic OH excluding ortho intramolecular Hbond substituents is 1. The van der Waals surface area contributed by atoms with Crippen molar-refractivity contribution in [3.05, 3.63) is 102 Å². The summed E-state index contributed by atoms with van der Waals surface area (Å²) in [6.07, 6.45) is 1.10. The molecule has 3 aromatic carbocycles. The number of hydrogen-bond donors (Lipinski definition) is 6. The number of amides is 5. The number of alkyl carbamates (subject to hydrolysis) is 1. The van der Waals surface area contributed by atoms with Gasteiger partial charge < -0.3 is 41.2 Å². The second-order valence-corrected chi connectivity index (χ2v) is 12.1. The first-order valence-electron chi connectivity index (χ1n) is 17.0. The second kappa shape index (κ2) is 21.3. The van der Waals surface area contributed by atoms with Crippen LogP contribution in [0.1, 0.15) is 49.8 Å². The molecule has 3 aromatic rings. The maximum atomic E-state index is 13.3. The maximum absolute atomic E-state index is 13.3. The predicted molar refractivity (Wildman–Crippen MR) is 192 cm³/mol. The Bertz CT molecular complexity index is 1620. The molecule has 4 atom stereocenters. The third kappa shape index (κ3) is 14.1. The van der Waals surface area contributed by atoms with Crippen LogP contribution in [0.4, 0.5) is 4.79 Å². The van der Waals surface area contributed by atoms with Gasteiger partial charge in [0.15, 0.2) is 0 Å². The number of rotatable bonds is 19. The Labute approximate surface area is 303 Å². The van der Waals surface area contributed by atoms with Crippen molar-refractivity contribution in [3.8, 4) is 5.75 Å². The number of phenols is 1. The molecule has 278 valence electrons. The zero-order chi connectivity index (χ0) is 37.9. The summed E-state index contributed by atoms with van der Waals surface area (Å²) in [6.45, 7) is 2.81. The van der Waals surface area contributed by atoms with E-state index in [1.807, 2.05) is 19.1 Å². The van der Waals surface area contributed by atoms with Gasteiger partial charge in [-0.3, -0.25) is 19.2 Å². The molecule has 0 aliphatic rings. The average molecular weight is 718 g/mol. The monoisotopic (exact) mass is 717 g/mol. The fourth-order valence-electron chi connectivity index (χ4n) is 5.06. The molecule has 0 spiro atoms. The molecule has 3 rings (SSSR count). The summed E-state index contributed by atoms with van der Waals surface area (Å²) in [6, 6.07) is 19.8. The number of carbonyl (C=O) groups is 6. The summed E-state index contributed by atoms with van der Waals surface area (Å²) < 4.78 is 10.1. The molecule has 0 aliphatic carbocycles. The molecule has 14 nitrogen and oxygen atoms in total. The number of carbonyl (C=O) groups excluding carboxylic acids is 6. The van der Waals surface area contributed by atoms with E-state index >= 15 is 0 Å². The van der Waals surface area contributed by atoms with Crippen LogP contribution in [0.15, 0.2) is 84.9 Å². The number of hydrogen-bond acceptors (Lipinski definition) is 9. The highest BCUT2D eigenvalue weighted by Crippen LogP contribution is 2.12. The van der Waals surface area contributed by atoms with Gasteiger partial charge in [-0.2, -0.15) is 0 Å². The Morgan fingerprint density at radius 1 is 0.673 bits per heavy atom. The van der Waals surface area contributed by atoms with Crippen LogP contribution >= 0.6 is 0 Å². The number of nitrogens with one attached hydrogen (secondary N) is 5. The van der Waals surface area contributed by atoms with E-state index in [4.69, 9.17) is 9.47 Å². The van der Waals surface area contributed by atoms with Crippen LogP contribution < -0.4 is 26.6 Å². The Kier molecular flexibility index (Phi) is 16.6. The topological polar surface area (TPSA) is 201 Å². The van der Waals surface area contributed by atoms with Gasteiger partial charge in [-0.05, 0) is 42.2 Å². The van der Waals surface area contributed by atoms with E-state index in [1.54, 1.807) is 60.7 Å². The minimum Gasteiger partial charge on any atom is -0.508 e. The minimum atomic E-state index is -1.16. The smallest absolute Gasteiger partial charge is 0.408 e. The Morgan fingerprint density at radius 3 is 1.83 bits per heavy atom. The van der Waals surface area contributed by atoms with Gasteiger partial charge in [0.05, 0.1) is 13.7 Å². The lowest BCUT2D eigenvalue weighted by atomic mass is 10.0. The van der Waals surface area contributed by atoms with Crippen LogP contribution in [-0.4, -0.2) is 78.6 Å². The van der Waals surface area contributed by atoms with Gasteiger partial charge in [0.1, 0.15) is 36.5 Å². The van der Waals surface area contributed by atoms with E-state index in [0.717, 1.165) is 17.5 Å². The van der Waals surface area contributed by atoms with Crippen LogP contribution in [0.5, 0.6) is 5.75 Å². The Balaban J connectivity index is 1.61. The second-order valence-electron chi connectivity index (χ2n) is 12.1. The quantitative estimate of drug-likeness (QED) is 0.101. The molecular formula is C38H47N5O9. The van der Waals surface area contributed by atoms with E-state index in [0.29, 0.717) is 18.4 Å². The van der Waals surface area contributed by atoms with Crippen molar-refractivity contribution < 1.29 is 43.3 Å². The number of methoxy groups -OCH3 is 1. The van der Waals surface area contributed by atoms with Crippen molar-refractivity contribution in [2.75, 3.05) is 13.7 Å². The SMILES string of the molecule is CCCC[C@H](NC(=O)[C@H](Cc1ccccc1)NC(=O)CNC(=O)[C@@H](C)NC(=O)[C@H](Cc1ccc(O)cc1)NC(=O)OCc1ccccc1)C(=O)OC. The van der Waals surface area contributed by atoms with Crippen molar-refractivity contribution in [2.24, 2.45) is 0 Å². The molecule has 52 heavy (non-hydrogen) atoms. The predicted octanol–water partition coefficient (Wildman–Crippen LogP) is 2.43. The first kappa shape index (κ1) is 40.5. The van der Waals surface area contributed by atoms with Gasteiger partial charge in [-0.15, -0.1) is 0 Å². The third-order valence-electron chi connectivity index (χ3n) is 7.96. The van der Waals surface area contributed by atoms with Gasteiger partial charge in [-0.25, -0.2) is 9.59 Å². The third-order valence-corrected chi connectivity index (χ3v) is 7.96. The summed E-state index contributed by atoms with van der Waals surface area (Å²) >= 11 is 0. The van der Waals surface area contributed by atoms with Gasteiger partial charge >= 0.3 is 12.1 Å². The molecule has 0 saturated heterocycles. The minimum absolute atomic E-state index is 0.0173. The van der Waals surface area contributed by atoms with Gasteiger partial charge in [0, 0.05) is 12.8 Å². The van der Waals surface area contributed by atoms with Crippen molar-refractivity contribution in [2.45, 2.75) is 76.7 Å². The maximum Gasteiger partial charge on any atom is 0.408 e. The molecule has 0 heterocycles. The van der Waals surface area contributed by atoms with Crippen LogP contribution in [-0.2, 0) is 52.9 Å². The van der Waals surface area contributed by atoms with E-state index < -0.39 is 66.4 Å². The Hall–Kier alpha value is -5.92. The summed E-state index contributed by atoms with van der Waals surface area (Å²) in [5.74, 6) is -3.24. The molecule has 14 heteroatoms. The largest absolute Gasteiger partial charge is 0.508 e. The molecule has 0 aliphatic heterocycles. The van der Waals surface area contributed by atoms with Gasteiger partial charge in [0.25, 0.3) is 0 Å². The van der Waals surface area contributed by atoms with Gasteiger partial charge in [0.2, 0.25) is 23.6 Å². The zero-order valence-corrected chi connectivity index (χ0v) is 29.6. The molecule has 0 radical (unpaired) electrons. The van der Waals surface area contributed by atoms with E-state index in [9.17, 15) is 33.9 Å². The van der Waals surface area contributed by atoms with Crippen LogP contribution in [0.25, 0.3) is 0 Å². The van der Waals surface area contributed by atoms with Crippen molar-refractivity contribution in [3.63, 3.8) is 0 Å². The lowest BCUT2D eigenvalue weighted by Gasteiger charge is -2.23. The molecular weight excluding hydrogens is 670 g/mol. The van der Waals surface area contributed by atoms with E-state index in [2.05, 4.69) is 26.6 Å².